The number of rotatable bonds is 20. The van der Waals surface area contributed by atoms with E-state index in [1.807, 2.05) is 19.9 Å². The summed E-state index contributed by atoms with van der Waals surface area (Å²) < 4.78 is 28.6. The monoisotopic (exact) mass is 808 g/mol. The van der Waals surface area contributed by atoms with Crippen LogP contribution in [0.1, 0.15) is 83.5 Å². The van der Waals surface area contributed by atoms with E-state index in [0.717, 1.165) is 50.3 Å². The first-order valence-electron chi connectivity index (χ1n) is 19.4. The van der Waals surface area contributed by atoms with E-state index in [1.54, 1.807) is 18.2 Å². The number of aliphatic hydroxyl groups is 7. The Labute approximate surface area is 332 Å². The summed E-state index contributed by atoms with van der Waals surface area (Å²) in [5.74, 6) is -2.70. The number of aromatic hydroxyl groups is 2. The molecule has 2 aliphatic rings. The van der Waals surface area contributed by atoms with Crippen molar-refractivity contribution in [2.45, 2.75) is 140 Å². The molecule has 2 saturated heterocycles. The van der Waals surface area contributed by atoms with Crippen LogP contribution in [-0.4, -0.2) is 132 Å². The van der Waals surface area contributed by atoms with Crippen LogP contribution in [-0.2, 0) is 39.9 Å². The lowest BCUT2D eigenvalue weighted by Gasteiger charge is -2.47. The highest BCUT2D eigenvalue weighted by atomic mass is 16.7. The topological polar surface area (TPSA) is 262 Å². The third-order valence-electron chi connectivity index (χ3n) is 10.1. The van der Waals surface area contributed by atoms with E-state index in [-0.39, 0.29) is 22.6 Å². The fourth-order valence-electron chi connectivity index (χ4n) is 6.33. The first-order chi connectivity index (χ1) is 27.2. The van der Waals surface area contributed by atoms with Gasteiger partial charge in [0.05, 0.1) is 19.3 Å². The number of hydrogen-bond acceptors (Lipinski definition) is 16. The molecule has 0 unspecified atom stereocenters. The fraction of sp³-hybridized carbons (Fsp3) is 0.610. The second-order valence-corrected chi connectivity index (χ2v) is 14.3. The van der Waals surface area contributed by atoms with Crippen LogP contribution < -0.4 is 0 Å². The normalized spacial score (nSPS) is 29.6. The first kappa shape index (κ1) is 47.7. The van der Waals surface area contributed by atoms with Crippen molar-refractivity contribution < 1.29 is 79.2 Å². The Hall–Kier alpha value is -3.68. The van der Waals surface area contributed by atoms with Gasteiger partial charge in [0.15, 0.2) is 12.4 Å². The second-order valence-electron chi connectivity index (χ2n) is 14.3. The molecule has 3 rings (SSSR count). The van der Waals surface area contributed by atoms with E-state index in [1.165, 1.54) is 19.1 Å². The van der Waals surface area contributed by atoms with Crippen molar-refractivity contribution in [3.05, 3.63) is 71.4 Å². The van der Waals surface area contributed by atoms with Crippen molar-refractivity contribution in [2.75, 3.05) is 13.2 Å². The zero-order chi connectivity index (χ0) is 42.2. The van der Waals surface area contributed by atoms with E-state index in [2.05, 4.69) is 6.92 Å². The smallest absolute Gasteiger partial charge is 0.334 e. The molecule has 57 heavy (non-hydrogen) atoms. The zero-order valence-corrected chi connectivity index (χ0v) is 32.9. The standard InChI is InChI=1S/C41H60O16/c1-5-7-8-9-10-11-12-17-31(47)53-22-30-33(48)34(49)35(50)41(55-30)57-37-29(21-43)54-38(32-25(20-42)18-26(44)19-28(32)46)36(51)39(37)56-40(52)24(4)15-13-14-16-27(45)23(3)6-2/h10-15,17-19,23,27,29-30,33-39,41-46,48-51H,5-9,16,20-22H2,1-4H3/b11-10-,14-13+,17-12+,24-15+/t23-,27+,29+,30-,33+,34+,35-,36-,37-,38+,39-,41+/m1/s1. The lowest BCUT2D eigenvalue weighted by molar-refractivity contribution is -0.343. The highest BCUT2D eigenvalue weighted by molar-refractivity contribution is 5.88. The molecule has 16 heteroatoms. The van der Waals surface area contributed by atoms with Crippen LogP contribution in [0.4, 0.5) is 0 Å². The Balaban J connectivity index is 1.89. The van der Waals surface area contributed by atoms with E-state index in [0.29, 0.717) is 6.42 Å². The average Bonchev–Trinajstić information content (AvgIpc) is 3.19. The summed E-state index contributed by atoms with van der Waals surface area (Å²) in [6.07, 6.45) is -1.90. The summed E-state index contributed by atoms with van der Waals surface area (Å²) >= 11 is 0. The van der Waals surface area contributed by atoms with E-state index < -0.39 is 111 Å². The number of ether oxygens (including phenoxy) is 5. The molecule has 0 spiro atoms. The molecule has 2 aliphatic heterocycles. The number of unbranched alkanes of at least 4 members (excludes halogenated alkanes) is 3. The van der Waals surface area contributed by atoms with Crippen molar-refractivity contribution in [3.8, 4) is 11.5 Å². The Morgan fingerprint density at radius 1 is 0.895 bits per heavy atom. The maximum atomic E-state index is 13.5. The van der Waals surface area contributed by atoms with Crippen molar-refractivity contribution >= 4 is 11.9 Å². The lowest BCUT2D eigenvalue weighted by atomic mass is 9.88. The summed E-state index contributed by atoms with van der Waals surface area (Å²) in [6, 6.07) is 2.06. The molecule has 12 atom stereocenters. The van der Waals surface area contributed by atoms with Gasteiger partial charge in [0.25, 0.3) is 0 Å². The highest BCUT2D eigenvalue weighted by Gasteiger charge is 2.53. The second kappa shape index (κ2) is 23.7. The van der Waals surface area contributed by atoms with E-state index in [4.69, 9.17) is 23.7 Å². The van der Waals surface area contributed by atoms with Gasteiger partial charge in [-0.25, -0.2) is 9.59 Å². The summed E-state index contributed by atoms with van der Waals surface area (Å²) in [4.78, 5) is 25.9. The van der Waals surface area contributed by atoms with Crippen LogP contribution in [0, 0.1) is 5.92 Å². The predicted octanol–water partition coefficient (Wildman–Crippen LogP) is 2.02. The van der Waals surface area contributed by atoms with Crippen LogP contribution in [0.2, 0.25) is 0 Å². The average molecular weight is 809 g/mol. The van der Waals surface area contributed by atoms with Gasteiger partial charge in [-0.3, -0.25) is 0 Å². The number of phenolic OH excluding ortho intramolecular Hbond substituents is 2. The van der Waals surface area contributed by atoms with Gasteiger partial charge >= 0.3 is 11.9 Å². The van der Waals surface area contributed by atoms with Crippen molar-refractivity contribution in [1.82, 2.24) is 0 Å². The van der Waals surface area contributed by atoms with Crippen LogP contribution in [0.15, 0.2) is 60.2 Å². The van der Waals surface area contributed by atoms with Gasteiger partial charge in [0, 0.05) is 23.3 Å². The summed E-state index contributed by atoms with van der Waals surface area (Å²) in [7, 11) is 0. The molecule has 1 aromatic rings. The van der Waals surface area contributed by atoms with Crippen LogP contribution in [0.3, 0.4) is 0 Å². The highest BCUT2D eigenvalue weighted by Crippen LogP contribution is 2.42. The maximum Gasteiger partial charge on any atom is 0.334 e. The molecule has 320 valence electrons. The summed E-state index contributed by atoms with van der Waals surface area (Å²) in [5, 5.41) is 95.7. The maximum absolute atomic E-state index is 13.5. The quantitative estimate of drug-likeness (QED) is 0.0395. The predicted molar refractivity (Wildman–Crippen MR) is 204 cm³/mol. The van der Waals surface area contributed by atoms with Crippen molar-refractivity contribution in [1.29, 1.82) is 0 Å². The number of hydrogen-bond donors (Lipinski definition) is 9. The fourth-order valence-corrected chi connectivity index (χ4v) is 6.33. The van der Waals surface area contributed by atoms with Gasteiger partial charge in [-0.05, 0) is 43.7 Å². The summed E-state index contributed by atoms with van der Waals surface area (Å²) in [6.45, 7) is 5.21. The van der Waals surface area contributed by atoms with Gasteiger partial charge in [0.2, 0.25) is 0 Å². The Bertz CT molecular complexity index is 1540. The number of carbonyl (C=O) groups excluding carboxylic acids is 2. The van der Waals surface area contributed by atoms with Crippen LogP contribution in [0.25, 0.3) is 0 Å². The lowest BCUT2D eigenvalue weighted by Crippen LogP contribution is -2.64. The molecule has 9 N–H and O–H groups in total. The molecule has 0 aliphatic carbocycles. The Morgan fingerprint density at radius 3 is 2.30 bits per heavy atom. The van der Waals surface area contributed by atoms with Crippen molar-refractivity contribution in [2.24, 2.45) is 5.92 Å². The number of carbonyl (C=O) groups is 2. The molecule has 0 saturated carbocycles. The minimum absolute atomic E-state index is 0.0396. The van der Waals surface area contributed by atoms with E-state index in [9.17, 15) is 55.5 Å². The Kier molecular flexibility index (Phi) is 19.8. The van der Waals surface area contributed by atoms with Crippen molar-refractivity contribution in [3.63, 3.8) is 0 Å². The van der Waals surface area contributed by atoms with Crippen LogP contribution >= 0.6 is 0 Å². The number of aliphatic hydroxyl groups excluding tert-OH is 7. The molecule has 0 aromatic heterocycles. The molecule has 16 nitrogen and oxygen atoms in total. The number of benzene rings is 1. The molecule has 2 heterocycles. The first-order valence-corrected chi connectivity index (χ1v) is 19.4. The third kappa shape index (κ3) is 13.4. The van der Waals surface area contributed by atoms with Gasteiger partial charge in [0.1, 0.15) is 66.9 Å². The Morgan fingerprint density at radius 2 is 1.63 bits per heavy atom. The molecule has 0 amide bonds. The largest absolute Gasteiger partial charge is 0.508 e. The molecule has 1 aromatic carbocycles. The SMILES string of the molecule is CCCCC/C=C\C=C\C(=O)OC[C@H]1O[C@@H](O[C@H]2[C@H](OC(=O)/C(C)=C/C=C/C[C@H](O)[C@H](C)CC)[C@H](O)[C@H](c3c(O)cc(O)cc3CO)O[C@H]2CO)[C@H](O)[C@@H](O)[C@H]1O. The molecular formula is C41H60O16. The molecule has 0 radical (unpaired) electrons. The van der Waals surface area contributed by atoms with Gasteiger partial charge < -0.3 is 69.6 Å². The number of allylic oxidation sites excluding steroid dienone is 5. The third-order valence-corrected chi connectivity index (χ3v) is 10.1. The molecular weight excluding hydrogens is 748 g/mol. The molecule has 0 bridgehead atoms. The van der Waals surface area contributed by atoms with Crippen LogP contribution in [0.5, 0.6) is 11.5 Å². The zero-order valence-electron chi connectivity index (χ0n) is 32.9. The van der Waals surface area contributed by atoms with Gasteiger partial charge in [-0.2, -0.15) is 0 Å². The minimum Gasteiger partial charge on any atom is -0.508 e. The molecule has 2 fully saturated rings. The van der Waals surface area contributed by atoms with Gasteiger partial charge in [-0.1, -0.05) is 76.5 Å². The number of phenols is 2. The summed E-state index contributed by atoms with van der Waals surface area (Å²) in [5.41, 5.74) is -0.208. The minimum atomic E-state index is -1.95. The van der Waals surface area contributed by atoms with E-state index >= 15 is 0 Å². The van der Waals surface area contributed by atoms with Gasteiger partial charge in [-0.15, -0.1) is 0 Å². The number of esters is 2.